The first-order chi connectivity index (χ1) is 8.99. The molecule has 1 unspecified atom stereocenters. The minimum absolute atomic E-state index is 0.153. The number of hydrogen-bond donors (Lipinski definition) is 0. The van der Waals surface area contributed by atoms with Gasteiger partial charge in [-0.15, -0.1) is 0 Å². The van der Waals surface area contributed by atoms with Gasteiger partial charge >= 0.3 is 6.18 Å². The number of rotatable bonds is 0. The van der Waals surface area contributed by atoms with Gasteiger partial charge in [-0.25, -0.2) is 4.98 Å². The minimum Gasteiger partial charge on any atom is -0.328 e. The highest BCUT2D eigenvalue weighted by Gasteiger charge is 2.33. The largest absolute Gasteiger partial charge is 0.433 e. The van der Waals surface area contributed by atoms with Gasteiger partial charge in [-0.1, -0.05) is 0 Å². The van der Waals surface area contributed by atoms with Crippen LogP contribution >= 0.6 is 0 Å². The number of nitriles is 1. The first-order valence-corrected chi connectivity index (χ1v) is 5.95. The Morgan fingerprint density at radius 2 is 2.16 bits per heavy atom. The van der Waals surface area contributed by atoms with Gasteiger partial charge in [0.05, 0.1) is 12.0 Å². The maximum atomic E-state index is 12.7. The van der Waals surface area contributed by atoms with E-state index in [4.69, 9.17) is 5.26 Å². The second-order valence-corrected chi connectivity index (χ2v) is 4.72. The molecule has 3 heterocycles. The van der Waals surface area contributed by atoms with Crippen molar-refractivity contribution in [2.75, 3.05) is 0 Å². The fraction of sp³-hybridized carbons (Fsp3) is 0.385. The van der Waals surface area contributed by atoms with Crippen molar-refractivity contribution in [3.8, 4) is 6.07 Å². The predicted molar refractivity (Wildman–Crippen MR) is 62.2 cm³/mol. The molecule has 3 rings (SSSR count). The summed E-state index contributed by atoms with van der Waals surface area (Å²) in [5, 5.41) is 9.64. The Hall–Kier alpha value is -2.03. The van der Waals surface area contributed by atoms with E-state index >= 15 is 0 Å². The number of aromatic nitrogens is 2. The molecule has 0 amide bonds. The molecule has 0 aromatic carbocycles. The molecule has 0 aliphatic carbocycles. The van der Waals surface area contributed by atoms with E-state index in [9.17, 15) is 13.2 Å². The van der Waals surface area contributed by atoms with Gasteiger partial charge in [0.1, 0.15) is 11.3 Å². The van der Waals surface area contributed by atoms with Crippen LogP contribution in [0.1, 0.15) is 17.8 Å². The summed E-state index contributed by atoms with van der Waals surface area (Å²) in [5.41, 5.74) is 0.387. The molecule has 19 heavy (non-hydrogen) atoms. The van der Waals surface area contributed by atoms with E-state index in [1.807, 2.05) is 6.07 Å². The minimum atomic E-state index is -4.44. The van der Waals surface area contributed by atoms with E-state index in [1.165, 1.54) is 6.07 Å². The van der Waals surface area contributed by atoms with E-state index < -0.39 is 11.9 Å². The lowest BCUT2D eigenvalue weighted by molar-refractivity contribution is -0.141. The fourth-order valence-electron chi connectivity index (χ4n) is 2.49. The Kier molecular flexibility index (Phi) is 2.52. The van der Waals surface area contributed by atoms with Crippen LogP contribution in [0.15, 0.2) is 18.2 Å². The van der Waals surface area contributed by atoms with Crippen LogP contribution in [0, 0.1) is 17.2 Å². The lowest BCUT2D eigenvalue weighted by atomic mass is 10.00. The Bertz CT molecular complexity index is 679. The summed E-state index contributed by atoms with van der Waals surface area (Å²) in [6.45, 7) is 0.420. The maximum absolute atomic E-state index is 12.7. The summed E-state index contributed by atoms with van der Waals surface area (Å²) in [4.78, 5) is 3.72. The molecule has 0 bridgehead atoms. The number of alkyl halides is 3. The summed E-state index contributed by atoms with van der Waals surface area (Å²) in [6.07, 6.45) is -2.99. The molecular formula is C13H10F3N3. The molecule has 3 nitrogen and oxygen atoms in total. The van der Waals surface area contributed by atoms with Gasteiger partial charge in [-0.2, -0.15) is 18.4 Å². The van der Waals surface area contributed by atoms with Gasteiger partial charge in [0.2, 0.25) is 0 Å². The highest BCUT2D eigenvalue weighted by molar-refractivity contribution is 5.78. The number of fused-ring (bicyclic) bond motifs is 3. The third-order valence-corrected chi connectivity index (χ3v) is 3.45. The standard InChI is InChI=1S/C13H10F3N3/c14-13(15,16)11-4-2-9-5-10-3-1-8(6-17)7-19(10)12(9)18-11/h2,4-5,8H,1,3,7H2. The maximum Gasteiger partial charge on any atom is 0.433 e. The second-order valence-electron chi connectivity index (χ2n) is 4.72. The zero-order chi connectivity index (χ0) is 13.6. The number of halogens is 3. The van der Waals surface area contributed by atoms with Gasteiger partial charge in [0.25, 0.3) is 0 Å². The first-order valence-electron chi connectivity index (χ1n) is 5.95. The van der Waals surface area contributed by atoms with Crippen LogP contribution in [0.5, 0.6) is 0 Å². The van der Waals surface area contributed by atoms with Crippen LogP contribution in [0.4, 0.5) is 13.2 Å². The highest BCUT2D eigenvalue weighted by Crippen LogP contribution is 2.31. The third kappa shape index (κ3) is 1.95. The molecule has 6 heteroatoms. The molecule has 0 fully saturated rings. The average Bonchev–Trinajstić information content (AvgIpc) is 2.74. The lowest BCUT2D eigenvalue weighted by Crippen LogP contribution is -2.19. The van der Waals surface area contributed by atoms with Crippen molar-refractivity contribution in [2.45, 2.75) is 25.6 Å². The lowest BCUT2D eigenvalue weighted by Gasteiger charge is -2.19. The third-order valence-electron chi connectivity index (χ3n) is 3.45. The van der Waals surface area contributed by atoms with E-state index in [0.29, 0.717) is 24.0 Å². The molecule has 1 atom stereocenters. The monoisotopic (exact) mass is 265 g/mol. The van der Waals surface area contributed by atoms with Gasteiger partial charge in [-0.05, 0) is 31.0 Å². The van der Waals surface area contributed by atoms with E-state index in [0.717, 1.165) is 18.2 Å². The quantitative estimate of drug-likeness (QED) is 0.734. The van der Waals surface area contributed by atoms with Crippen molar-refractivity contribution in [1.82, 2.24) is 9.55 Å². The SMILES string of the molecule is N#CC1CCc2cc3ccc(C(F)(F)F)nc3n2C1. The van der Waals surface area contributed by atoms with Crippen molar-refractivity contribution in [2.24, 2.45) is 5.92 Å². The van der Waals surface area contributed by atoms with Crippen LogP contribution in [-0.2, 0) is 19.1 Å². The summed E-state index contributed by atoms with van der Waals surface area (Å²) >= 11 is 0. The van der Waals surface area contributed by atoms with Gasteiger partial charge in [-0.3, -0.25) is 0 Å². The number of nitrogens with zero attached hydrogens (tertiary/aromatic N) is 3. The number of hydrogen-bond acceptors (Lipinski definition) is 2. The molecule has 98 valence electrons. The van der Waals surface area contributed by atoms with Crippen molar-refractivity contribution in [1.29, 1.82) is 5.26 Å². The molecule has 2 aromatic heterocycles. The predicted octanol–water partition coefficient (Wildman–Crippen LogP) is 3.14. The van der Waals surface area contributed by atoms with Crippen LogP contribution in [-0.4, -0.2) is 9.55 Å². The van der Waals surface area contributed by atoms with Crippen molar-refractivity contribution in [3.63, 3.8) is 0 Å². The van der Waals surface area contributed by atoms with Gasteiger partial charge < -0.3 is 4.57 Å². The molecule has 0 saturated heterocycles. The smallest absolute Gasteiger partial charge is 0.328 e. The zero-order valence-corrected chi connectivity index (χ0v) is 9.91. The summed E-state index contributed by atoms with van der Waals surface area (Å²) < 4.78 is 39.8. The van der Waals surface area contributed by atoms with E-state index in [1.54, 1.807) is 4.57 Å². The van der Waals surface area contributed by atoms with E-state index in [-0.39, 0.29) is 5.92 Å². The summed E-state index contributed by atoms with van der Waals surface area (Å²) in [6, 6.07) is 6.47. The molecule has 0 saturated carbocycles. The molecule has 2 aromatic rings. The average molecular weight is 265 g/mol. The van der Waals surface area contributed by atoms with Crippen molar-refractivity contribution < 1.29 is 13.2 Å². The van der Waals surface area contributed by atoms with Crippen molar-refractivity contribution >= 4 is 11.0 Å². The molecule has 1 aliphatic heterocycles. The van der Waals surface area contributed by atoms with Crippen molar-refractivity contribution in [3.05, 3.63) is 29.6 Å². The summed E-state index contributed by atoms with van der Waals surface area (Å²) in [5.74, 6) is -0.153. The Balaban J connectivity index is 2.15. The molecule has 0 radical (unpaired) electrons. The molecule has 0 spiro atoms. The molecular weight excluding hydrogens is 255 g/mol. The van der Waals surface area contributed by atoms with Crippen LogP contribution in [0.3, 0.4) is 0 Å². The molecule has 0 N–H and O–H groups in total. The fourth-order valence-corrected chi connectivity index (χ4v) is 2.49. The highest BCUT2D eigenvalue weighted by atomic mass is 19.4. The second kappa shape index (κ2) is 3.98. The van der Waals surface area contributed by atoms with Crippen LogP contribution in [0.2, 0.25) is 0 Å². The Morgan fingerprint density at radius 1 is 1.37 bits per heavy atom. The van der Waals surface area contributed by atoms with E-state index in [2.05, 4.69) is 11.1 Å². The number of aryl methyl sites for hydroxylation is 1. The Morgan fingerprint density at radius 3 is 2.84 bits per heavy atom. The van der Waals surface area contributed by atoms with Crippen LogP contribution in [0.25, 0.3) is 11.0 Å². The molecule has 1 aliphatic rings. The van der Waals surface area contributed by atoms with Gasteiger partial charge in [0.15, 0.2) is 0 Å². The van der Waals surface area contributed by atoms with Crippen LogP contribution < -0.4 is 0 Å². The topological polar surface area (TPSA) is 41.6 Å². The number of pyridine rings is 1. The Labute approximate surface area is 107 Å². The normalized spacial score (nSPS) is 19.2. The van der Waals surface area contributed by atoms with Gasteiger partial charge in [0, 0.05) is 17.6 Å². The first kappa shape index (κ1) is 12.0. The zero-order valence-electron chi connectivity index (χ0n) is 9.91. The summed E-state index contributed by atoms with van der Waals surface area (Å²) in [7, 11) is 0.